The van der Waals surface area contributed by atoms with Crippen LogP contribution in [0.1, 0.15) is 46.1 Å². The minimum absolute atomic E-state index is 0.0962. The number of hydrogen-bond acceptors (Lipinski definition) is 1. The molecule has 0 saturated carbocycles. The van der Waals surface area contributed by atoms with Gasteiger partial charge in [0, 0.05) is 19.4 Å². The molecular weight excluding hydrogens is 222 g/mol. The molecule has 1 aromatic carbocycles. The maximum atomic E-state index is 10.9. The van der Waals surface area contributed by atoms with Crippen LogP contribution in [0.15, 0.2) is 30.3 Å². The van der Waals surface area contributed by atoms with Gasteiger partial charge in [0.15, 0.2) is 0 Å². The molecule has 2 nitrogen and oxygen atoms in total. The Morgan fingerprint density at radius 3 is 2.11 bits per heavy atom. The Balaban J connectivity index is 0. The van der Waals surface area contributed by atoms with Crippen molar-refractivity contribution in [2.45, 2.75) is 47.1 Å². The van der Waals surface area contributed by atoms with Gasteiger partial charge in [-0.1, -0.05) is 58.0 Å². The number of carbonyl (C=O) groups is 1. The molecule has 0 aliphatic carbocycles. The van der Waals surface area contributed by atoms with Crippen LogP contribution in [0, 0.1) is 12.3 Å². The van der Waals surface area contributed by atoms with Gasteiger partial charge in [-0.2, -0.15) is 0 Å². The molecule has 0 bridgehead atoms. The zero-order chi connectivity index (χ0) is 14.2. The van der Waals surface area contributed by atoms with E-state index in [0.717, 1.165) is 12.0 Å². The van der Waals surface area contributed by atoms with E-state index in [1.807, 2.05) is 58.0 Å². The van der Waals surface area contributed by atoms with Crippen molar-refractivity contribution in [3.05, 3.63) is 35.9 Å². The molecule has 0 spiro atoms. The van der Waals surface area contributed by atoms with Crippen molar-refractivity contribution in [3.63, 3.8) is 0 Å². The number of amides is 1. The molecule has 1 N–H and O–H groups in total. The number of hydrogen-bond donors (Lipinski definition) is 1. The second-order valence-corrected chi connectivity index (χ2v) is 3.17. The number of rotatable bonds is 3. The Morgan fingerprint density at radius 2 is 1.72 bits per heavy atom. The van der Waals surface area contributed by atoms with Crippen molar-refractivity contribution in [1.82, 2.24) is 5.32 Å². The number of terminal acetylenes is 1. The highest BCUT2D eigenvalue weighted by Gasteiger charge is 1.95. The van der Waals surface area contributed by atoms with Crippen LogP contribution in [0.5, 0.6) is 0 Å². The van der Waals surface area contributed by atoms with Crippen molar-refractivity contribution in [2.24, 2.45) is 0 Å². The molecule has 1 aromatic rings. The van der Waals surface area contributed by atoms with Crippen LogP contribution in [0.3, 0.4) is 0 Å². The molecule has 0 fully saturated rings. The van der Waals surface area contributed by atoms with Crippen molar-refractivity contribution in [1.29, 1.82) is 0 Å². The van der Waals surface area contributed by atoms with Gasteiger partial charge in [0.05, 0.1) is 0 Å². The molecule has 100 valence electrons. The molecule has 18 heavy (non-hydrogen) atoms. The first-order valence-electron chi connectivity index (χ1n) is 6.48. The molecule has 0 heterocycles. The maximum absolute atomic E-state index is 10.9. The molecule has 0 unspecified atom stereocenters. The third kappa shape index (κ3) is 12.3. The van der Waals surface area contributed by atoms with E-state index in [1.165, 1.54) is 0 Å². The molecule has 2 heteroatoms. The van der Waals surface area contributed by atoms with Gasteiger partial charge >= 0.3 is 0 Å². The van der Waals surface area contributed by atoms with Crippen LogP contribution in [0.25, 0.3) is 0 Å². The molecular formula is C16H25NO. The zero-order valence-corrected chi connectivity index (χ0v) is 12.0. The predicted molar refractivity (Wildman–Crippen MR) is 79.1 cm³/mol. The highest BCUT2D eigenvalue weighted by atomic mass is 16.1. The first-order valence-corrected chi connectivity index (χ1v) is 6.48. The summed E-state index contributed by atoms with van der Waals surface area (Å²) in [5, 5.41) is 2.81. The summed E-state index contributed by atoms with van der Waals surface area (Å²) in [6, 6.07) is 9.89. The van der Waals surface area contributed by atoms with Crippen LogP contribution in [0.2, 0.25) is 0 Å². The van der Waals surface area contributed by atoms with E-state index >= 15 is 0 Å². The number of nitrogens with one attached hydrogen (secondary N) is 1. The van der Waals surface area contributed by atoms with E-state index in [9.17, 15) is 4.79 Å². The number of benzene rings is 1. The summed E-state index contributed by atoms with van der Waals surface area (Å²) >= 11 is 0. The fourth-order valence-electron chi connectivity index (χ4n) is 0.922. The van der Waals surface area contributed by atoms with Crippen LogP contribution in [-0.4, -0.2) is 5.91 Å². The largest absolute Gasteiger partial charge is 0.352 e. The Morgan fingerprint density at radius 1 is 1.22 bits per heavy atom. The van der Waals surface area contributed by atoms with E-state index < -0.39 is 0 Å². The Bertz CT molecular complexity index is 325. The standard InChI is InChI=1S/C10H13NO.C4H6.C2H6/c1-2-10(12)11-8-9-6-4-3-5-7-9;1-3-4-2;1-2/h3-7H,2,8H2,1H3,(H,11,12);1H,4H2,2H3;1-2H3. The van der Waals surface area contributed by atoms with Crippen molar-refractivity contribution in [2.75, 3.05) is 0 Å². The van der Waals surface area contributed by atoms with Crippen LogP contribution in [-0.2, 0) is 11.3 Å². The minimum Gasteiger partial charge on any atom is -0.352 e. The van der Waals surface area contributed by atoms with Gasteiger partial charge in [0.1, 0.15) is 0 Å². The second kappa shape index (κ2) is 15.2. The van der Waals surface area contributed by atoms with Gasteiger partial charge in [-0.25, -0.2) is 0 Å². The molecule has 0 aromatic heterocycles. The Kier molecular flexibility index (Phi) is 15.8. The fraction of sp³-hybridized carbons (Fsp3) is 0.438. The lowest BCUT2D eigenvalue weighted by molar-refractivity contribution is -0.120. The molecule has 0 saturated heterocycles. The molecule has 0 aliphatic heterocycles. The SMILES string of the molecule is C#CCC.CC.CCC(=O)NCc1ccccc1. The van der Waals surface area contributed by atoms with E-state index in [0.29, 0.717) is 13.0 Å². The molecule has 1 amide bonds. The van der Waals surface area contributed by atoms with E-state index in [2.05, 4.69) is 11.2 Å². The number of carbonyl (C=O) groups excluding carboxylic acids is 1. The first-order chi connectivity index (χ1) is 8.74. The molecule has 0 atom stereocenters. The highest BCUT2D eigenvalue weighted by molar-refractivity contribution is 5.75. The quantitative estimate of drug-likeness (QED) is 0.809. The Hall–Kier alpha value is -1.75. The van der Waals surface area contributed by atoms with Gasteiger partial charge in [-0.15, -0.1) is 12.3 Å². The maximum Gasteiger partial charge on any atom is 0.219 e. The summed E-state index contributed by atoms with van der Waals surface area (Å²) in [5.74, 6) is 2.53. The average Bonchev–Trinajstić information content (AvgIpc) is 2.48. The van der Waals surface area contributed by atoms with Crippen molar-refractivity contribution in [3.8, 4) is 12.3 Å². The lowest BCUT2D eigenvalue weighted by atomic mass is 10.2. The van der Waals surface area contributed by atoms with Gasteiger partial charge in [-0.3, -0.25) is 4.79 Å². The summed E-state index contributed by atoms with van der Waals surface area (Å²) in [6.07, 6.45) is 6.17. The Labute approximate surface area is 112 Å². The minimum atomic E-state index is 0.0962. The van der Waals surface area contributed by atoms with E-state index in [-0.39, 0.29) is 5.91 Å². The van der Waals surface area contributed by atoms with E-state index in [4.69, 9.17) is 6.42 Å². The summed E-state index contributed by atoms with van der Waals surface area (Å²) in [5.41, 5.74) is 1.14. The van der Waals surface area contributed by atoms with Gasteiger partial charge in [0.2, 0.25) is 5.91 Å². The third-order valence-electron chi connectivity index (χ3n) is 1.86. The monoisotopic (exact) mass is 247 g/mol. The molecule has 0 aliphatic rings. The lowest BCUT2D eigenvalue weighted by Crippen LogP contribution is -2.21. The summed E-state index contributed by atoms with van der Waals surface area (Å²) in [6.45, 7) is 8.42. The van der Waals surface area contributed by atoms with Crippen molar-refractivity contribution >= 4 is 5.91 Å². The van der Waals surface area contributed by atoms with Gasteiger partial charge < -0.3 is 5.32 Å². The fourth-order valence-corrected chi connectivity index (χ4v) is 0.922. The summed E-state index contributed by atoms with van der Waals surface area (Å²) < 4.78 is 0. The van der Waals surface area contributed by atoms with Crippen molar-refractivity contribution < 1.29 is 4.79 Å². The first kappa shape index (κ1) is 18.6. The molecule has 1 rings (SSSR count). The highest BCUT2D eigenvalue weighted by Crippen LogP contribution is 1.96. The molecule has 0 radical (unpaired) electrons. The normalized spacial score (nSPS) is 7.72. The lowest BCUT2D eigenvalue weighted by Gasteiger charge is -2.02. The second-order valence-electron chi connectivity index (χ2n) is 3.17. The summed E-state index contributed by atoms with van der Waals surface area (Å²) in [7, 11) is 0. The van der Waals surface area contributed by atoms with Crippen LogP contribution < -0.4 is 5.32 Å². The van der Waals surface area contributed by atoms with Gasteiger partial charge in [0.25, 0.3) is 0 Å². The zero-order valence-electron chi connectivity index (χ0n) is 12.0. The van der Waals surface area contributed by atoms with Crippen LogP contribution in [0.4, 0.5) is 0 Å². The average molecular weight is 247 g/mol. The summed E-state index contributed by atoms with van der Waals surface area (Å²) in [4.78, 5) is 10.9. The van der Waals surface area contributed by atoms with E-state index in [1.54, 1.807) is 0 Å². The third-order valence-corrected chi connectivity index (χ3v) is 1.86. The van der Waals surface area contributed by atoms with Crippen LogP contribution >= 0.6 is 0 Å². The topological polar surface area (TPSA) is 29.1 Å². The smallest absolute Gasteiger partial charge is 0.219 e. The predicted octanol–water partition coefficient (Wildman–Crippen LogP) is 3.77. The van der Waals surface area contributed by atoms with Gasteiger partial charge in [-0.05, 0) is 5.56 Å².